The van der Waals surface area contributed by atoms with E-state index < -0.39 is 0 Å². The van der Waals surface area contributed by atoms with Gasteiger partial charge in [-0.05, 0) is 19.1 Å². The van der Waals surface area contributed by atoms with Crippen LogP contribution in [-0.2, 0) is 10.1 Å². The first-order valence-electron chi connectivity index (χ1n) is 5.10. The standard InChI is InChI=1S/C12H10Br2O3/c1-2-16-12(15)10-6-17-11-7(5-13)3-8(14)4-9(10)11/h3-4,6H,2,5H2,1H3. The summed E-state index contributed by atoms with van der Waals surface area (Å²) in [7, 11) is 0. The maximum atomic E-state index is 11.7. The van der Waals surface area contributed by atoms with E-state index >= 15 is 0 Å². The number of carbonyl (C=O) groups is 1. The lowest BCUT2D eigenvalue weighted by atomic mass is 10.1. The van der Waals surface area contributed by atoms with Gasteiger partial charge in [-0.3, -0.25) is 0 Å². The van der Waals surface area contributed by atoms with Crippen LogP contribution >= 0.6 is 31.9 Å². The highest BCUT2D eigenvalue weighted by Gasteiger charge is 2.17. The van der Waals surface area contributed by atoms with Gasteiger partial charge in [0.1, 0.15) is 17.4 Å². The van der Waals surface area contributed by atoms with Crippen LogP contribution < -0.4 is 0 Å². The molecule has 1 aromatic carbocycles. The maximum absolute atomic E-state index is 11.7. The first-order chi connectivity index (χ1) is 8.17. The Hall–Kier alpha value is -0.810. The molecule has 5 heteroatoms. The Morgan fingerprint density at radius 1 is 1.47 bits per heavy atom. The van der Waals surface area contributed by atoms with Crippen molar-refractivity contribution in [1.29, 1.82) is 0 Å². The summed E-state index contributed by atoms with van der Waals surface area (Å²) in [5.74, 6) is -0.357. The molecule has 2 aromatic rings. The number of benzene rings is 1. The molecule has 0 amide bonds. The first kappa shape index (κ1) is 12.6. The van der Waals surface area contributed by atoms with Crippen LogP contribution in [0.3, 0.4) is 0 Å². The van der Waals surface area contributed by atoms with Crippen molar-refractivity contribution in [2.75, 3.05) is 6.61 Å². The molecule has 0 saturated carbocycles. The summed E-state index contributed by atoms with van der Waals surface area (Å²) in [5, 5.41) is 1.44. The number of fused-ring (bicyclic) bond motifs is 1. The van der Waals surface area contributed by atoms with E-state index in [2.05, 4.69) is 31.9 Å². The molecular weight excluding hydrogens is 352 g/mol. The van der Waals surface area contributed by atoms with E-state index in [9.17, 15) is 4.79 Å². The Kier molecular flexibility index (Phi) is 3.89. The fourth-order valence-electron chi connectivity index (χ4n) is 1.64. The number of hydrogen-bond donors (Lipinski definition) is 0. The molecular formula is C12H10Br2O3. The lowest BCUT2D eigenvalue weighted by Crippen LogP contribution is -2.03. The third-order valence-electron chi connectivity index (χ3n) is 2.35. The molecule has 1 aromatic heterocycles. The van der Waals surface area contributed by atoms with Crippen LogP contribution in [0.15, 0.2) is 27.3 Å². The van der Waals surface area contributed by atoms with E-state index in [-0.39, 0.29) is 5.97 Å². The topological polar surface area (TPSA) is 39.4 Å². The van der Waals surface area contributed by atoms with Crippen LogP contribution in [0.4, 0.5) is 0 Å². The van der Waals surface area contributed by atoms with Gasteiger partial charge in [-0.25, -0.2) is 4.79 Å². The molecule has 0 aliphatic heterocycles. The average Bonchev–Trinajstić information content (AvgIpc) is 2.71. The van der Waals surface area contributed by atoms with Crippen LogP contribution in [-0.4, -0.2) is 12.6 Å². The number of rotatable bonds is 3. The van der Waals surface area contributed by atoms with Crippen LogP contribution in [0.5, 0.6) is 0 Å². The molecule has 2 rings (SSSR count). The summed E-state index contributed by atoms with van der Waals surface area (Å²) in [6.45, 7) is 2.13. The molecule has 90 valence electrons. The monoisotopic (exact) mass is 360 g/mol. The SMILES string of the molecule is CCOC(=O)c1coc2c(CBr)cc(Br)cc12. The molecule has 0 bridgehead atoms. The molecule has 0 fully saturated rings. The zero-order valence-corrected chi connectivity index (χ0v) is 12.3. The molecule has 0 unspecified atom stereocenters. The Morgan fingerprint density at radius 3 is 2.88 bits per heavy atom. The molecule has 0 aliphatic rings. The van der Waals surface area contributed by atoms with E-state index in [1.807, 2.05) is 12.1 Å². The number of esters is 1. The smallest absolute Gasteiger partial charge is 0.342 e. The minimum Gasteiger partial charge on any atom is -0.463 e. The maximum Gasteiger partial charge on any atom is 0.342 e. The van der Waals surface area contributed by atoms with E-state index in [1.165, 1.54) is 6.26 Å². The fourth-order valence-corrected chi connectivity index (χ4v) is 2.56. The lowest BCUT2D eigenvalue weighted by molar-refractivity contribution is 0.0527. The predicted molar refractivity (Wildman–Crippen MR) is 72.5 cm³/mol. The van der Waals surface area contributed by atoms with Gasteiger partial charge in [-0.1, -0.05) is 31.9 Å². The van der Waals surface area contributed by atoms with Crippen LogP contribution in [0, 0.1) is 0 Å². The molecule has 17 heavy (non-hydrogen) atoms. The van der Waals surface area contributed by atoms with Gasteiger partial charge in [0.25, 0.3) is 0 Å². The van der Waals surface area contributed by atoms with Gasteiger partial charge < -0.3 is 9.15 Å². The Morgan fingerprint density at radius 2 is 2.24 bits per heavy atom. The van der Waals surface area contributed by atoms with Crippen molar-refractivity contribution < 1.29 is 13.9 Å². The second-order valence-electron chi connectivity index (χ2n) is 3.45. The van der Waals surface area contributed by atoms with E-state index in [4.69, 9.17) is 9.15 Å². The lowest BCUT2D eigenvalue weighted by Gasteiger charge is -2.01. The van der Waals surface area contributed by atoms with Crippen molar-refractivity contribution in [3.05, 3.63) is 34.0 Å². The van der Waals surface area contributed by atoms with E-state index in [0.717, 1.165) is 15.4 Å². The summed E-state index contributed by atoms with van der Waals surface area (Å²) in [5.41, 5.74) is 2.17. The molecule has 0 spiro atoms. The van der Waals surface area contributed by atoms with Crippen LogP contribution in [0.2, 0.25) is 0 Å². The van der Waals surface area contributed by atoms with Crippen LogP contribution in [0.25, 0.3) is 11.0 Å². The van der Waals surface area contributed by atoms with Crippen molar-refractivity contribution in [1.82, 2.24) is 0 Å². The van der Waals surface area contributed by atoms with Gasteiger partial charge in [-0.15, -0.1) is 0 Å². The highest BCUT2D eigenvalue weighted by molar-refractivity contribution is 9.10. The molecule has 1 heterocycles. The predicted octanol–water partition coefficient (Wildman–Crippen LogP) is 4.27. The molecule has 0 atom stereocenters. The first-order valence-corrected chi connectivity index (χ1v) is 7.01. The minimum atomic E-state index is -0.357. The zero-order chi connectivity index (χ0) is 12.4. The fraction of sp³-hybridized carbons (Fsp3) is 0.250. The average molecular weight is 362 g/mol. The number of alkyl halides is 1. The summed E-state index contributed by atoms with van der Waals surface area (Å²) in [6, 6.07) is 3.81. The molecule has 3 nitrogen and oxygen atoms in total. The Balaban J connectivity index is 2.60. The summed E-state index contributed by atoms with van der Waals surface area (Å²) >= 11 is 6.81. The molecule has 0 N–H and O–H groups in total. The van der Waals surface area contributed by atoms with Crippen LogP contribution in [0.1, 0.15) is 22.8 Å². The number of ether oxygens (including phenoxy) is 1. The molecule has 0 radical (unpaired) electrons. The molecule has 0 aliphatic carbocycles. The second-order valence-corrected chi connectivity index (χ2v) is 4.92. The van der Waals surface area contributed by atoms with E-state index in [1.54, 1.807) is 6.92 Å². The summed E-state index contributed by atoms with van der Waals surface area (Å²) in [6.07, 6.45) is 1.45. The second kappa shape index (κ2) is 5.23. The van der Waals surface area contributed by atoms with Gasteiger partial charge in [0, 0.05) is 20.8 Å². The van der Waals surface area contributed by atoms with Crippen molar-refractivity contribution in [2.24, 2.45) is 0 Å². The summed E-state index contributed by atoms with van der Waals surface area (Å²) < 4.78 is 11.3. The van der Waals surface area contributed by atoms with Crippen molar-refractivity contribution in [2.45, 2.75) is 12.3 Å². The highest BCUT2D eigenvalue weighted by atomic mass is 79.9. The van der Waals surface area contributed by atoms with Crippen molar-refractivity contribution in [3.63, 3.8) is 0 Å². The van der Waals surface area contributed by atoms with Gasteiger partial charge >= 0.3 is 5.97 Å². The third kappa shape index (κ3) is 2.40. The quantitative estimate of drug-likeness (QED) is 0.605. The van der Waals surface area contributed by atoms with Gasteiger partial charge in [-0.2, -0.15) is 0 Å². The highest BCUT2D eigenvalue weighted by Crippen LogP contribution is 2.30. The number of furan rings is 1. The Bertz CT molecular complexity index is 560. The Labute approximate surface area is 115 Å². The minimum absolute atomic E-state index is 0.352. The molecule has 0 saturated heterocycles. The summed E-state index contributed by atoms with van der Waals surface area (Å²) in [4.78, 5) is 11.7. The van der Waals surface area contributed by atoms with E-state index in [0.29, 0.717) is 23.1 Å². The van der Waals surface area contributed by atoms with Crippen molar-refractivity contribution in [3.8, 4) is 0 Å². The number of halogens is 2. The third-order valence-corrected chi connectivity index (χ3v) is 3.42. The number of carbonyl (C=O) groups excluding carboxylic acids is 1. The number of hydrogen-bond acceptors (Lipinski definition) is 3. The van der Waals surface area contributed by atoms with Gasteiger partial charge in [0.2, 0.25) is 0 Å². The van der Waals surface area contributed by atoms with Crippen molar-refractivity contribution >= 4 is 48.8 Å². The van der Waals surface area contributed by atoms with Gasteiger partial charge in [0.15, 0.2) is 0 Å². The van der Waals surface area contributed by atoms with Gasteiger partial charge in [0.05, 0.1) is 6.61 Å². The largest absolute Gasteiger partial charge is 0.463 e. The normalized spacial score (nSPS) is 10.8. The zero-order valence-electron chi connectivity index (χ0n) is 9.13.